The van der Waals surface area contributed by atoms with Crippen LogP contribution in [0.2, 0.25) is 0 Å². The highest BCUT2D eigenvalue weighted by molar-refractivity contribution is 5.94. The summed E-state index contributed by atoms with van der Waals surface area (Å²) in [5.41, 5.74) is 0.0618. The van der Waals surface area contributed by atoms with Gasteiger partial charge in [-0.2, -0.15) is 0 Å². The number of amides is 2. The van der Waals surface area contributed by atoms with E-state index in [-0.39, 0.29) is 11.8 Å². The molecule has 136 valence electrons. The van der Waals surface area contributed by atoms with Crippen molar-refractivity contribution < 1.29 is 19.1 Å². The smallest absolute Gasteiger partial charge is 0.308 e. The summed E-state index contributed by atoms with van der Waals surface area (Å²) in [5, 5.41) is 0. The average Bonchev–Trinajstić information content (AvgIpc) is 2.78. The first kappa shape index (κ1) is 19.0. The fraction of sp³-hybridized carbons (Fsp3) is 0.526. The van der Waals surface area contributed by atoms with Crippen molar-refractivity contribution in [3.8, 4) is 5.75 Å². The minimum atomic E-state index is -0.421. The number of benzene rings is 1. The number of carbonyl (C=O) groups is 3. The van der Waals surface area contributed by atoms with E-state index in [0.717, 1.165) is 6.42 Å². The molecule has 0 saturated carbocycles. The fourth-order valence-corrected chi connectivity index (χ4v) is 2.84. The maximum absolute atomic E-state index is 12.7. The molecule has 0 unspecified atom stereocenters. The number of esters is 1. The lowest BCUT2D eigenvalue weighted by molar-refractivity contribution is -0.139. The van der Waals surface area contributed by atoms with Crippen LogP contribution >= 0.6 is 0 Å². The van der Waals surface area contributed by atoms with E-state index in [0.29, 0.717) is 37.5 Å². The Balaban J connectivity index is 2.06. The number of nitrogens with zero attached hydrogens (tertiary/aromatic N) is 2. The molecule has 6 nitrogen and oxygen atoms in total. The second kappa shape index (κ2) is 7.68. The second-order valence-corrected chi connectivity index (χ2v) is 7.31. The third-order valence-electron chi connectivity index (χ3n) is 4.05. The molecule has 0 aromatic heterocycles. The monoisotopic (exact) mass is 346 g/mol. The molecule has 2 rings (SSSR count). The number of ether oxygens (including phenoxy) is 1. The number of rotatable bonds is 2. The predicted molar refractivity (Wildman–Crippen MR) is 94.3 cm³/mol. The van der Waals surface area contributed by atoms with Crippen LogP contribution in [0.5, 0.6) is 5.75 Å². The SMILES string of the molecule is CC(=O)Oc1cccc(C(=O)N2CCCN(C(=O)C(C)(C)C)CC2)c1. The maximum Gasteiger partial charge on any atom is 0.308 e. The van der Waals surface area contributed by atoms with Gasteiger partial charge in [0, 0.05) is 44.1 Å². The Morgan fingerprint density at radius 1 is 1.00 bits per heavy atom. The van der Waals surface area contributed by atoms with Gasteiger partial charge < -0.3 is 14.5 Å². The highest BCUT2D eigenvalue weighted by Crippen LogP contribution is 2.20. The largest absolute Gasteiger partial charge is 0.427 e. The molecule has 2 amide bonds. The molecular formula is C19H26N2O4. The molecule has 25 heavy (non-hydrogen) atoms. The summed E-state index contributed by atoms with van der Waals surface area (Å²) in [6.45, 7) is 9.34. The van der Waals surface area contributed by atoms with Crippen molar-refractivity contribution in [1.29, 1.82) is 0 Å². The van der Waals surface area contributed by atoms with Gasteiger partial charge in [0.1, 0.15) is 5.75 Å². The van der Waals surface area contributed by atoms with E-state index in [9.17, 15) is 14.4 Å². The highest BCUT2D eigenvalue weighted by atomic mass is 16.5. The summed E-state index contributed by atoms with van der Waals surface area (Å²) in [6, 6.07) is 6.62. The van der Waals surface area contributed by atoms with Crippen LogP contribution in [0.15, 0.2) is 24.3 Å². The molecular weight excluding hydrogens is 320 g/mol. The predicted octanol–water partition coefficient (Wildman–Crippen LogP) is 2.33. The number of carbonyl (C=O) groups excluding carboxylic acids is 3. The van der Waals surface area contributed by atoms with Crippen molar-refractivity contribution in [2.45, 2.75) is 34.1 Å². The summed E-state index contributed by atoms with van der Waals surface area (Å²) in [5.74, 6) is -0.0638. The molecule has 0 atom stereocenters. The highest BCUT2D eigenvalue weighted by Gasteiger charge is 2.29. The lowest BCUT2D eigenvalue weighted by Gasteiger charge is -2.28. The van der Waals surface area contributed by atoms with Crippen molar-refractivity contribution in [2.24, 2.45) is 5.41 Å². The molecule has 1 fully saturated rings. The van der Waals surface area contributed by atoms with E-state index >= 15 is 0 Å². The minimum Gasteiger partial charge on any atom is -0.427 e. The van der Waals surface area contributed by atoms with Crippen LogP contribution in [-0.2, 0) is 9.59 Å². The molecule has 0 N–H and O–H groups in total. The van der Waals surface area contributed by atoms with Crippen LogP contribution in [0.25, 0.3) is 0 Å². The lowest BCUT2D eigenvalue weighted by atomic mass is 9.94. The zero-order valence-electron chi connectivity index (χ0n) is 15.4. The van der Waals surface area contributed by atoms with Crippen molar-refractivity contribution in [1.82, 2.24) is 9.80 Å². The zero-order valence-corrected chi connectivity index (χ0v) is 15.4. The van der Waals surface area contributed by atoms with Gasteiger partial charge in [-0.25, -0.2) is 0 Å². The van der Waals surface area contributed by atoms with Crippen LogP contribution in [0.1, 0.15) is 44.5 Å². The first-order valence-electron chi connectivity index (χ1n) is 8.55. The van der Waals surface area contributed by atoms with Crippen molar-refractivity contribution in [3.63, 3.8) is 0 Å². The van der Waals surface area contributed by atoms with Crippen LogP contribution in [0.3, 0.4) is 0 Å². The molecule has 1 heterocycles. The minimum absolute atomic E-state index is 0.110. The Morgan fingerprint density at radius 3 is 2.28 bits per heavy atom. The molecule has 0 spiro atoms. The second-order valence-electron chi connectivity index (χ2n) is 7.31. The third kappa shape index (κ3) is 5.05. The van der Waals surface area contributed by atoms with Crippen molar-refractivity contribution in [3.05, 3.63) is 29.8 Å². The van der Waals surface area contributed by atoms with E-state index in [1.54, 1.807) is 29.2 Å². The average molecular weight is 346 g/mol. The van der Waals surface area contributed by atoms with Crippen LogP contribution in [-0.4, -0.2) is 53.8 Å². The fourth-order valence-electron chi connectivity index (χ4n) is 2.84. The summed E-state index contributed by atoms with van der Waals surface area (Å²) in [4.78, 5) is 39.8. The van der Waals surface area contributed by atoms with Gasteiger partial charge in [0.15, 0.2) is 0 Å². The van der Waals surface area contributed by atoms with Gasteiger partial charge >= 0.3 is 5.97 Å². The van der Waals surface area contributed by atoms with E-state index < -0.39 is 11.4 Å². The van der Waals surface area contributed by atoms with Crippen LogP contribution in [0, 0.1) is 5.41 Å². The molecule has 1 saturated heterocycles. The van der Waals surface area contributed by atoms with Gasteiger partial charge in [-0.3, -0.25) is 14.4 Å². The van der Waals surface area contributed by atoms with Gasteiger partial charge in [0.05, 0.1) is 0 Å². The van der Waals surface area contributed by atoms with E-state index in [2.05, 4.69) is 0 Å². The summed E-state index contributed by atoms with van der Waals surface area (Å²) in [7, 11) is 0. The van der Waals surface area contributed by atoms with Crippen molar-refractivity contribution in [2.75, 3.05) is 26.2 Å². The third-order valence-corrected chi connectivity index (χ3v) is 4.05. The first-order valence-corrected chi connectivity index (χ1v) is 8.55. The Hall–Kier alpha value is -2.37. The van der Waals surface area contributed by atoms with Crippen LogP contribution in [0.4, 0.5) is 0 Å². The van der Waals surface area contributed by atoms with E-state index in [4.69, 9.17) is 4.74 Å². The zero-order chi connectivity index (χ0) is 18.6. The molecule has 1 aliphatic heterocycles. The van der Waals surface area contributed by atoms with Crippen molar-refractivity contribution >= 4 is 17.8 Å². The van der Waals surface area contributed by atoms with Gasteiger partial charge in [0.25, 0.3) is 5.91 Å². The van der Waals surface area contributed by atoms with E-state index in [1.807, 2.05) is 25.7 Å². The Labute approximate surface area is 148 Å². The van der Waals surface area contributed by atoms with Gasteiger partial charge in [-0.1, -0.05) is 26.8 Å². The number of hydrogen-bond acceptors (Lipinski definition) is 4. The van der Waals surface area contributed by atoms with E-state index in [1.165, 1.54) is 6.92 Å². The molecule has 0 radical (unpaired) electrons. The molecule has 1 aliphatic rings. The molecule has 1 aromatic rings. The molecule has 6 heteroatoms. The maximum atomic E-state index is 12.7. The number of hydrogen-bond donors (Lipinski definition) is 0. The Kier molecular flexibility index (Phi) is 5.82. The summed E-state index contributed by atoms with van der Waals surface area (Å²) in [6.07, 6.45) is 0.747. The summed E-state index contributed by atoms with van der Waals surface area (Å²) >= 11 is 0. The topological polar surface area (TPSA) is 66.9 Å². The molecule has 1 aromatic carbocycles. The molecule has 0 bridgehead atoms. The Bertz CT molecular complexity index is 664. The standard InChI is InChI=1S/C19H26N2O4/c1-14(22)25-16-8-5-7-15(13-16)17(23)20-9-6-10-21(12-11-20)18(24)19(2,3)4/h5,7-8,13H,6,9-12H2,1-4H3. The van der Waals surface area contributed by atoms with Gasteiger partial charge in [0.2, 0.25) is 5.91 Å². The molecule has 0 aliphatic carbocycles. The lowest BCUT2D eigenvalue weighted by Crippen LogP contribution is -2.42. The van der Waals surface area contributed by atoms with Gasteiger partial charge in [-0.15, -0.1) is 0 Å². The first-order chi connectivity index (χ1) is 11.7. The Morgan fingerprint density at radius 2 is 1.64 bits per heavy atom. The van der Waals surface area contributed by atoms with Gasteiger partial charge in [-0.05, 0) is 24.6 Å². The normalized spacial score (nSPS) is 15.5. The summed E-state index contributed by atoms with van der Waals surface area (Å²) < 4.78 is 5.04. The quantitative estimate of drug-likeness (QED) is 0.609. The van der Waals surface area contributed by atoms with Crippen LogP contribution < -0.4 is 4.74 Å².